The molecule has 0 amide bonds. The van der Waals surface area contributed by atoms with Crippen molar-refractivity contribution in [3.8, 4) is 67.0 Å². The minimum Gasteiger partial charge on any atom is -0.310 e. The Bertz CT molecular complexity index is 4530. The molecule has 2 aromatic heterocycles. The van der Waals surface area contributed by atoms with Gasteiger partial charge >= 0.3 is 0 Å². The molecule has 2 heterocycles. The van der Waals surface area contributed by atoms with Crippen LogP contribution in [0.25, 0.3) is 111 Å². The molecule has 0 spiro atoms. The zero-order valence-electron chi connectivity index (χ0n) is 43.5. The van der Waals surface area contributed by atoms with Gasteiger partial charge in [-0.2, -0.15) is 0 Å². The molecule has 0 bridgehead atoms. The van der Waals surface area contributed by atoms with E-state index in [4.69, 9.17) is 0 Å². The van der Waals surface area contributed by atoms with Gasteiger partial charge in [0.2, 0.25) is 0 Å². The minimum absolute atomic E-state index is 0.254. The lowest BCUT2D eigenvalue weighted by molar-refractivity contribution is 0.660. The van der Waals surface area contributed by atoms with E-state index in [-0.39, 0.29) is 5.41 Å². The molecule has 0 N–H and O–H groups in total. The number of anilines is 3. The Hall–Kier alpha value is -9.96. The molecule has 12 aromatic carbocycles. The summed E-state index contributed by atoms with van der Waals surface area (Å²) in [5, 5.41) is 5.06. The smallest absolute Gasteiger partial charge is 0.0547 e. The van der Waals surface area contributed by atoms with Crippen LogP contribution in [0.4, 0.5) is 17.1 Å². The Balaban J connectivity index is 0.785. The quantitative estimate of drug-likeness (QED) is 0.140. The fraction of sp³-hybridized carbons (Fsp3) is 0.0400. The highest BCUT2D eigenvalue weighted by atomic mass is 15.1. The molecule has 15 rings (SSSR count). The summed E-state index contributed by atoms with van der Waals surface area (Å²) < 4.78 is 4.78. The molecular formula is C75H53N3. The number of rotatable bonds is 9. The molecule has 0 fully saturated rings. The zero-order valence-corrected chi connectivity index (χ0v) is 43.5. The monoisotopic (exact) mass is 995 g/mol. The Labute approximate surface area is 454 Å². The molecule has 3 heteroatoms. The summed E-state index contributed by atoms with van der Waals surface area (Å²) in [6.07, 6.45) is 0. The molecule has 14 aromatic rings. The van der Waals surface area contributed by atoms with Crippen molar-refractivity contribution in [2.24, 2.45) is 0 Å². The molecule has 368 valence electrons. The van der Waals surface area contributed by atoms with E-state index < -0.39 is 0 Å². The van der Waals surface area contributed by atoms with Gasteiger partial charge in [-0.15, -0.1) is 0 Å². The van der Waals surface area contributed by atoms with E-state index in [1.165, 1.54) is 116 Å². The van der Waals surface area contributed by atoms with Crippen molar-refractivity contribution in [3.05, 3.63) is 296 Å². The maximum absolute atomic E-state index is 2.45. The van der Waals surface area contributed by atoms with Crippen molar-refractivity contribution in [2.75, 3.05) is 4.90 Å². The number of benzene rings is 12. The fourth-order valence-electron chi connectivity index (χ4n) is 12.6. The van der Waals surface area contributed by atoms with Crippen molar-refractivity contribution < 1.29 is 0 Å². The van der Waals surface area contributed by atoms with Crippen LogP contribution in [0.3, 0.4) is 0 Å². The first kappa shape index (κ1) is 45.4. The zero-order chi connectivity index (χ0) is 51.9. The molecule has 1 aliphatic rings. The van der Waals surface area contributed by atoms with Gasteiger partial charge in [-0.25, -0.2) is 0 Å². The van der Waals surface area contributed by atoms with Gasteiger partial charge < -0.3 is 14.0 Å². The van der Waals surface area contributed by atoms with Crippen molar-refractivity contribution >= 4 is 60.7 Å². The molecule has 0 aliphatic heterocycles. The third-order valence-electron chi connectivity index (χ3n) is 16.6. The van der Waals surface area contributed by atoms with Gasteiger partial charge in [0.25, 0.3) is 0 Å². The highest BCUT2D eigenvalue weighted by Crippen LogP contribution is 2.52. The largest absolute Gasteiger partial charge is 0.310 e. The average molecular weight is 996 g/mol. The molecular weight excluding hydrogens is 943 g/mol. The highest BCUT2D eigenvalue weighted by molar-refractivity contribution is 6.11. The molecule has 0 saturated carbocycles. The normalized spacial score (nSPS) is 12.6. The average Bonchev–Trinajstić information content (AvgIpc) is 4.33. The fourth-order valence-corrected chi connectivity index (χ4v) is 12.6. The van der Waals surface area contributed by atoms with Crippen molar-refractivity contribution in [2.45, 2.75) is 19.3 Å². The number of hydrogen-bond donors (Lipinski definition) is 0. The molecule has 78 heavy (non-hydrogen) atoms. The standard InChI is InChI=1S/C75H53N3/c1-75(2)69-47-56(57-36-45-68-67-21-11-14-24-73(67)78(74(68)48-57)58-17-7-4-8-18-58)35-44-63(69)64-46-43-62(49-70(64)75)76(59-37-29-53(30-38-59)52-27-25-51(26-28-52)50-15-5-3-6-16-50)60-39-31-54(32-40-60)55-33-41-61(42-34-55)77-71-22-12-9-19-65(71)66-20-10-13-23-72(66)77/h3-49H,1-2H3. The molecule has 0 atom stereocenters. The van der Waals surface area contributed by atoms with E-state index >= 15 is 0 Å². The number of fused-ring (bicyclic) bond motifs is 9. The molecule has 0 saturated heterocycles. The number of aromatic nitrogens is 2. The summed E-state index contributed by atoms with van der Waals surface area (Å²) in [6.45, 7) is 4.79. The number of para-hydroxylation sites is 4. The van der Waals surface area contributed by atoms with E-state index in [1.54, 1.807) is 0 Å². The summed E-state index contributed by atoms with van der Waals surface area (Å²) in [7, 11) is 0. The third-order valence-corrected chi connectivity index (χ3v) is 16.6. The van der Waals surface area contributed by atoms with Crippen LogP contribution in [0.5, 0.6) is 0 Å². The summed E-state index contributed by atoms with van der Waals surface area (Å²) in [6, 6.07) is 105. The second-order valence-corrected chi connectivity index (χ2v) is 21.3. The van der Waals surface area contributed by atoms with Crippen LogP contribution in [-0.2, 0) is 5.41 Å². The Morgan fingerprint density at radius 1 is 0.256 bits per heavy atom. The van der Waals surface area contributed by atoms with Crippen molar-refractivity contribution in [1.82, 2.24) is 9.13 Å². The predicted octanol–water partition coefficient (Wildman–Crippen LogP) is 20.3. The van der Waals surface area contributed by atoms with Crippen LogP contribution in [0.1, 0.15) is 25.0 Å². The molecule has 0 unspecified atom stereocenters. The lowest BCUT2D eigenvalue weighted by Crippen LogP contribution is -2.16. The third kappa shape index (κ3) is 7.42. The number of nitrogens with zero attached hydrogens (tertiary/aromatic N) is 3. The second kappa shape index (κ2) is 18.1. The second-order valence-electron chi connectivity index (χ2n) is 21.3. The van der Waals surface area contributed by atoms with Gasteiger partial charge in [-0.1, -0.05) is 208 Å². The van der Waals surface area contributed by atoms with E-state index in [0.29, 0.717) is 0 Å². The minimum atomic E-state index is -0.254. The van der Waals surface area contributed by atoms with Gasteiger partial charge in [0.05, 0.1) is 22.1 Å². The summed E-state index contributed by atoms with van der Waals surface area (Å²) >= 11 is 0. The van der Waals surface area contributed by atoms with Crippen LogP contribution in [0.2, 0.25) is 0 Å². The molecule has 0 radical (unpaired) electrons. The van der Waals surface area contributed by atoms with E-state index in [9.17, 15) is 0 Å². The van der Waals surface area contributed by atoms with Crippen molar-refractivity contribution in [1.29, 1.82) is 0 Å². The number of hydrogen-bond acceptors (Lipinski definition) is 1. The van der Waals surface area contributed by atoms with Crippen LogP contribution >= 0.6 is 0 Å². The van der Waals surface area contributed by atoms with Gasteiger partial charge in [0.1, 0.15) is 0 Å². The Morgan fingerprint density at radius 2 is 0.603 bits per heavy atom. The lowest BCUT2D eigenvalue weighted by Gasteiger charge is -2.28. The van der Waals surface area contributed by atoms with Crippen LogP contribution in [0, 0.1) is 0 Å². The molecule has 3 nitrogen and oxygen atoms in total. The highest BCUT2D eigenvalue weighted by Gasteiger charge is 2.36. The van der Waals surface area contributed by atoms with Crippen LogP contribution in [0.15, 0.2) is 285 Å². The maximum Gasteiger partial charge on any atom is 0.0547 e. The summed E-state index contributed by atoms with van der Waals surface area (Å²) in [5.74, 6) is 0. The summed E-state index contributed by atoms with van der Waals surface area (Å²) in [4.78, 5) is 2.42. The SMILES string of the molecule is CC1(C)c2cc(-c3ccc4c5ccccc5n(-c5ccccc5)c4c3)ccc2-c2ccc(N(c3ccc(-c4ccc(-c5ccccc5)cc4)cc3)c3ccc(-c4ccc(-n5c6ccccc6c6ccccc65)cc4)cc3)cc21. The van der Waals surface area contributed by atoms with E-state index in [1.807, 2.05) is 0 Å². The van der Waals surface area contributed by atoms with Gasteiger partial charge in [0, 0.05) is 55.4 Å². The van der Waals surface area contributed by atoms with Gasteiger partial charge in [0.15, 0.2) is 0 Å². The first-order chi connectivity index (χ1) is 38.4. The summed E-state index contributed by atoms with van der Waals surface area (Å²) in [5.41, 5.74) is 25.1. The Kier molecular flexibility index (Phi) is 10.6. The van der Waals surface area contributed by atoms with Crippen molar-refractivity contribution in [3.63, 3.8) is 0 Å². The molecule has 1 aliphatic carbocycles. The topological polar surface area (TPSA) is 13.1 Å². The predicted molar refractivity (Wildman–Crippen MR) is 329 cm³/mol. The van der Waals surface area contributed by atoms with Gasteiger partial charge in [-0.05, 0) is 158 Å². The van der Waals surface area contributed by atoms with E-state index in [2.05, 4.69) is 313 Å². The van der Waals surface area contributed by atoms with Gasteiger partial charge in [-0.3, -0.25) is 0 Å². The van der Waals surface area contributed by atoms with Crippen LogP contribution < -0.4 is 4.90 Å². The first-order valence-corrected chi connectivity index (χ1v) is 27.1. The first-order valence-electron chi connectivity index (χ1n) is 27.1. The van der Waals surface area contributed by atoms with Crippen LogP contribution in [-0.4, -0.2) is 9.13 Å². The Morgan fingerprint density at radius 3 is 1.14 bits per heavy atom. The van der Waals surface area contributed by atoms with E-state index in [0.717, 1.165) is 22.7 Å². The lowest BCUT2D eigenvalue weighted by atomic mass is 9.81. The maximum atomic E-state index is 2.45.